The minimum atomic E-state index is -0.600. The van der Waals surface area contributed by atoms with Crippen molar-refractivity contribution in [3.8, 4) is 0 Å². The normalized spacial score (nSPS) is 20.2. The maximum Gasteiger partial charge on any atom is 0.307 e. The summed E-state index contributed by atoms with van der Waals surface area (Å²) < 4.78 is 5.31. The Balaban J connectivity index is 1.81. The number of hydrogen-bond donors (Lipinski definition) is 1. The van der Waals surface area contributed by atoms with Gasteiger partial charge in [-0.15, -0.1) is 0 Å². The van der Waals surface area contributed by atoms with Crippen LogP contribution in [0.2, 0.25) is 10.0 Å². The zero-order valence-corrected chi connectivity index (χ0v) is 13.5. The lowest BCUT2D eigenvalue weighted by Gasteiger charge is -2.18. The van der Waals surface area contributed by atoms with Gasteiger partial charge in [-0.25, -0.2) is 0 Å². The molecule has 6 heteroatoms. The number of carbonyl (C=O) groups is 2. The molecule has 0 aliphatic carbocycles. The number of hydrogen-bond acceptors (Lipinski definition) is 3. The van der Waals surface area contributed by atoms with Crippen molar-refractivity contribution in [1.29, 1.82) is 0 Å². The van der Waals surface area contributed by atoms with Crippen LogP contribution in [0, 0.1) is 5.92 Å². The van der Waals surface area contributed by atoms with Gasteiger partial charge in [0.05, 0.1) is 23.0 Å². The molecule has 0 spiro atoms. The molecule has 1 N–H and O–H groups in total. The fraction of sp³-hybridized carbons (Fsp3) is 0.176. The lowest BCUT2D eigenvalue weighted by Crippen LogP contribution is -2.25. The van der Waals surface area contributed by atoms with Crippen LogP contribution in [0.3, 0.4) is 0 Å². The van der Waals surface area contributed by atoms with Crippen LogP contribution in [0.1, 0.15) is 18.1 Å². The van der Waals surface area contributed by atoms with Crippen molar-refractivity contribution in [2.75, 3.05) is 5.32 Å². The summed E-state index contributed by atoms with van der Waals surface area (Å²) in [4.78, 5) is 24.2. The quantitative estimate of drug-likeness (QED) is 0.843. The summed E-state index contributed by atoms with van der Waals surface area (Å²) >= 11 is 11.9. The molecule has 4 nitrogen and oxygen atoms in total. The fourth-order valence-electron chi connectivity index (χ4n) is 2.55. The first kappa shape index (κ1) is 15.8. The van der Waals surface area contributed by atoms with E-state index < -0.39 is 12.0 Å². The largest absolute Gasteiger partial charge is 0.457 e. The smallest absolute Gasteiger partial charge is 0.307 e. The van der Waals surface area contributed by atoms with E-state index in [-0.39, 0.29) is 18.3 Å². The highest BCUT2D eigenvalue weighted by Crippen LogP contribution is 2.36. The lowest BCUT2D eigenvalue weighted by molar-refractivity contribution is -0.141. The SMILES string of the molecule is O=C1C[C@@H](C(=O)Nc2ccc(Cl)cc2Cl)[C@@H](c2ccccc2)O1. The minimum absolute atomic E-state index is 0.0383. The van der Waals surface area contributed by atoms with Crippen molar-refractivity contribution < 1.29 is 14.3 Å². The molecule has 0 bridgehead atoms. The molecule has 0 unspecified atom stereocenters. The van der Waals surface area contributed by atoms with Crippen molar-refractivity contribution in [3.63, 3.8) is 0 Å². The number of anilines is 1. The number of amides is 1. The van der Waals surface area contributed by atoms with E-state index in [0.717, 1.165) is 5.56 Å². The van der Waals surface area contributed by atoms with Gasteiger partial charge in [0.25, 0.3) is 0 Å². The van der Waals surface area contributed by atoms with Gasteiger partial charge in [-0.3, -0.25) is 9.59 Å². The average molecular weight is 350 g/mol. The van der Waals surface area contributed by atoms with E-state index in [9.17, 15) is 9.59 Å². The summed E-state index contributed by atoms with van der Waals surface area (Å²) in [5, 5.41) is 3.56. The number of nitrogens with one attached hydrogen (secondary N) is 1. The molecule has 2 aromatic carbocycles. The van der Waals surface area contributed by atoms with Crippen molar-refractivity contribution in [3.05, 3.63) is 64.1 Å². The number of benzene rings is 2. The summed E-state index contributed by atoms with van der Waals surface area (Å²) in [6, 6.07) is 14.0. The molecule has 1 aliphatic heterocycles. The van der Waals surface area contributed by atoms with Crippen LogP contribution in [0.4, 0.5) is 5.69 Å². The van der Waals surface area contributed by atoms with Gasteiger partial charge in [-0.1, -0.05) is 53.5 Å². The van der Waals surface area contributed by atoms with Gasteiger partial charge in [0, 0.05) is 5.02 Å². The molecule has 2 atom stereocenters. The molecule has 0 radical (unpaired) electrons. The molecule has 1 aliphatic rings. The third-order valence-corrected chi connectivity index (χ3v) is 4.21. The second-order valence-corrected chi connectivity index (χ2v) is 6.09. The molecule has 1 heterocycles. The summed E-state index contributed by atoms with van der Waals surface area (Å²) in [5.74, 6) is -1.30. The van der Waals surface area contributed by atoms with Crippen LogP contribution in [0.5, 0.6) is 0 Å². The number of ether oxygens (including phenoxy) is 1. The summed E-state index contributed by atoms with van der Waals surface area (Å²) in [7, 11) is 0. The highest BCUT2D eigenvalue weighted by Gasteiger charge is 2.40. The van der Waals surface area contributed by atoms with E-state index in [1.165, 1.54) is 0 Å². The van der Waals surface area contributed by atoms with Crippen LogP contribution in [0.15, 0.2) is 48.5 Å². The van der Waals surface area contributed by atoms with E-state index in [1.807, 2.05) is 30.3 Å². The number of halogens is 2. The van der Waals surface area contributed by atoms with E-state index in [1.54, 1.807) is 18.2 Å². The highest BCUT2D eigenvalue weighted by atomic mass is 35.5. The van der Waals surface area contributed by atoms with E-state index in [0.29, 0.717) is 15.7 Å². The maximum absolute atomic E-state index is 12.5. The molecular formula is C17H13Cl2NO3. The van der Waals surface area contributed by atoms with Crippen LogP contribution < -0.4 is 5.32 Å². The molecule has 1 saturated heterocycles. The average Bonchev–Trinajstić information content (AvgIpc) is 2.93. The number of esters is 1. The van der Waals surface area contributed by atoms with Crippen molar-refractivity contribution >= 4 is 40.8 Å². The Morgan fingerprint density at radius 1 is 1.13 bits per heavy atom. The van der Waals surface area contributed by atoms with Crippen LogP contribution >= 0.6 is 23.2 Å². The van der Waals surface area contributed by atoms with Crippen LogP contribution in [0.25, 0.3) is 0 Å². The van der Waals surface area contributed by atoms with E-state index in [4.69, 9.17) is 27.9 Å². The van der Waals surface area contributed by atoms with E-state index >= 15 is 0 Å². The molecule has 118 valence electrons. The summed E-state index contributed by atoms with van der Waals surface area (Å²) in [6.45, 7) is 0. The highest BCUT2D eigenvalue weighted by molar-refractivity contribution is 6.36. The second kappa shape index (κ2) is 6.60. The van der Waals surface area contributed by atoms with Gasteiger partial charge in [0.1, 0.15) is 6.10 Å². The topological polar surface area (TPSA) is 55.4 Å². The van der Waals surface area contributed by atoms with Gasteiger partial charge in [-0.05, 0) is 23.8 Å². The Bertz CT molecular complexity index is 749. The predicted octanol–water partition coefficient (Wildman–Crippen LogP) is 4.24. The molecule has 2 aromatic rings. The molecule has 0 aromatic heterocycles. The Hall–Kier alpha value is -2.04. The molecule has 0 saturated carbocycles. The van der Waals surface area contributed by atoms with Gasteiger partial charge in [0.15, 0.2) is 0 Å². The third-order valence-electron chi connectivity index (χ3n) is 3.66. The van der Waals surface area contributed by atoms with Crippen molar-refractivity contribution in [1.82, 2.24) is 0 Å². The molecule has 1 fully saturated rings. The summed E-state index contributed by atoms with van der Waals surface area (Å²) in [5.41, 5.74) is 1.24. The molecule has 23 heavy (non-hydrogen) atoms. The lowest BCUT2D eigenvalue weighted by atomic mass is 9.94. The zero-order chi connectivity index (χ0) is 16.4. The number of cyclic esters (lactones) is 1. The Morgan fingerprint density at radius 2 is 1.87 bits per heavy atom. The van der Waals surface area contributed by atoms with E-state index in [2.05, 4.69) is 5.32 Å². The number of carbonyl (C=O) groups excluding carboxylic acids is 2. The Labute approximate surface area is 143 Å². The van der Waals surface area contributed by atoms with Gasteiger partial charge in [-0.2, -0.15) is 0 Å². The van der Waals surface area contributed by atoms with Crippen molar-refractivity contribution in [2.45, 2.75) is 12.5 Å². The Morgan fingerprint density at radius 3 is 2.57 bits per heavy atom. The number of rotatable bonds is 3. The zero-order valence-electron chi connectivity index (χ0n) is 12.0. The summed E-state index contributed by atoms with van der Waals surface area (Å²) in [6.07, 6.45) is -0.550. The van der Waals surface area contributed by atoms with Crippen molar-refractivity contribution in [2.24, 2.45) is 5.92 Å². The first-order valence-electron chi connectivity index (χ1n) is 7.05. The first-order chi connectivity index (χ1) is 11.0. The second-order valence-electron chi connectivity index (χ2n) is 5.25. The molecule has 3 rings (SSSR count). The third kappa shape index (κ3) is 3.49. The monoisotopic (exact) mass is 349 g/mol. The maximum atomic E-state index is 12.5. The predicted molar refractivity (Wildman–Crippen MR) is 88.5 cm³/mol. The van der Waals surface area contributed by atoms with Crippen LogP contribution in [-0.4, -0.2) is 11.9 Å². The van der Waals surface area contributed by atoms with Gasteiger partial charge >= 0.3 is 5.97 Å². The molecular weight excluding hydrogens is 337 g/mol. The van der Waals surface area contributed by atoms with Crippen LogP contribution in [-0.2, 0) is 14.3 Å². The molecule has 1 amide bonds. The minimum Gasteiger partial charge on any atom is -0.457 e. The Kier molecular flexibility index (Phi) is 4.55. The van der Waals surface area contributed by atoms with Gasteiger partial charge in [0.2, 0.25) is 5.91 Å². The first-order valence-corrected chi connectivity index (χ1v) is 7.80. The van der Waals surface area contributed by atoms with Gasteiger partial charge < -0.3 is 10.1 Å². The standard InChI is InChI=1S/C17H13Cl2NO3/c18-11-6-7-14(13(19)8-11)20-17(22)12-9-15(21)23-16(12)10-4-2-1-3-5-10/h1-8,12,16H,9H2,(H,20,22)/t12-,16-/m1/s1. The fourth-order valence-corrected chi connectivity index (χ4v) is 3.00.